The van der Waals surface area contributed by atoms with Crippen LogP contribution in [0, 0.1) is 0 Å². The lowest BCUT2D eigenvalue weighted by Gasteiger charge is -2.27. The van der Waals surface area contributed by atoms with Gasteiger partial charge in [0.1, 0.15) is 18.4 Å². The summed E-state index contributed by atoms with van der Waals surface area (Å²) in [4.78, 5) is 12.8. The molecule has 0 aliphatic carbocycles. The molecule has 0 saturated heterocycles. The number of hydrogen-bond donors (Lipinski definition) is 1. The van der Waals surface area contributed by atoms with Crippen molar-refractivity contribution >= 4 is 27.8 Å². The number of anilines is 1. The molecule has 0 spiro atoms. The molecule has 0 bridgehead atoms. The molecular formula is C28H33N3O6S. The van der Waals surface area contributed by atoms with Crippen LogP contribution in [0.2, 0.25) is 0 Å². The summed E-state index contributed by atoms with van der Waals surface area (Å²) >= 11 is 0. The Morgan fingerprint density at radius 1 is 0.947 bits per heavy atom. The first kappa shape index (κ1) is 28.5. The van der Waals surface area contributed by atoms with Crippen molar-refractivity contribution in [2.75, 3.05) is 23.8 Å². The minimum Gasteiger partial charge on any atom is -0.494 e. The van der Waals surface area contributed by atoms with E-state index in [4.69, 9.17) is 14.2 Å². The highest BCUT2D eigenvalue weighted by molar-refractivity contribution is 7.92. The number of hydrogen-bond acceptors (Lipinski definition) is 7. The molecule has 1 atom stereocenters. The molecule has 3 aromatic carbocycles. The largest absolute Gasteiger partial charge is 0.494 e. The molecule has 0 aliphatic rings. The van der Waals surface area contributed by atoms with E-state index in [1.165, 1.54) is 13.1 Å². The maximum absolute atomic E-state index is 12.8. The van der Waals surface area contributed by atoms with Crippen molar-refractivity contribution in [3.63, 3.8) is 0 Å². The van der Waals surface area contributed by atoms with Crippen LogP contribution in [0.4, 0.5) is 5.69 Å². The summed E-state index contributed by atoms with van der Waals surface area (Å²) in [6, 6.07) is 20.6. The number of benzene rings is 3. The number of hydrazone groups is 1. The first-order chi connectivity index (χ1) is 18.2. The highest BCUT2D eigenvalue weighted by atomic mass is 32.2. The van der Waals surface area contributed by atoms with E-state index in [1.54, 1.807) is 42.5 Å². The Labute approximate surface area is 224 Å². The normalized spacial score (nSPS) is 12.1. The third kappa shape index (κ3) is 7.97. The van der Waals surface area contributed by atoms with Crippen LogP contribution < -0.4 is 23.9 Å². The van der Waals surface area contributed by atoms with Gasteiger partial charge in [-0.2, -0.15) is 5.10 Å². The summed E-state index contributed by atoms with van der Waals surface area (Å²) < 4.78 is 43.1. The van der Waals surface area contributed by atoms with E-state index in [1.807, 2.05) is 44.2 Å². The summed E-state index contributed by atoms with van der Waals surface area (Å²) in [5.41, 5.74) is 4.47. The molecule has 3 rings (SSSR count). The van der Waals surface area contributed by atoms with E-state index < -0.39 is 22.0 Å². The number of ether oxygens (including phenoxy) is 3. The van der Waals surface area contributed by atoms with Gasteiger partial charge in [-0.05, 0) is 74.4 Å². The maximum Gasteiger partial charge on any atom is 0.263 e. The lowest BCUT2D eigenvalue weighted by atomic mass is 10.2. The predicted molar refractivity (Wildman–Crippen MR) is 149 cm³/mol. The molecule has 3 aromatic rings. The quantitative estimate of drug-likeness (QED) is 0.255. The number of carbonyl (C=O) groups is 1. The van der Waals surface area contributed by atoms with Crippen molar-refractivity contribution < 1.29 is 27.4 Å². The number of rotatable bonds is 13. The second-order valence-corrected chi connectivity index (χ2v) is 10.2. The summed E-state index contributed by atoms with van der Waals surface area (Å²) in [6.45, 7) is 6.56. The van der Waals surface area contributed by atoms with Gasteiger partial charge in [-0.3, -0.25) is 9.10 Å². The summed E-state index contributed by atoms with van der Waals surface area (Å²) in [7, 11) is -3.76. The topological polar surface area (TPSA) is 107 Å². The molecule has 0 saturated carbocycles. The fourth-order valence-corrected chi connectivity index (χ4v) is 4.83. The molecule has 1 amide bonds. The van der Waals surface area contributed by atoms with Crippen LogP contribution in [0.1, 0.15) is 31.9 Å². The van der Waals surface area contributed by atoms with E-state index in [2.05, 4.69) is 10.5 Å². The highest BCUT2D eigenvalue weighted by Crippen LogP contribution is 2.29. The smallest absolute Gasteiger partial charge is 0.263 e. The predicted octanol–water partition coefficient (Wildman–Crippen LogP) is 4.37. The van der Waals surface area contributed by atoms with E-state index in [9.17, 15) is 13.2 Å². The fraction of sp³-hybridized carbons (Fsp3) is 0.286. The Balaban J connectivity index is 1.68. The summed E-state index contributed by atoms with van der Waals surface area (Å²) in [5.74, 6) is 1.15. The number of amides is 1. The number of sulfonamides is 1. The van der Waals surface area contributed by atoms with Crippen molar-refractivity contribution in [1.82, 2.24) is 5.43 Å². The van der Waals surface area contributed by atoms with Crippen LogP contribution >= 0.6 is 0 Å². The van der Waals surface area contributed by atoms with Crippen LogP contribution in [-0.4, -0.2) is 46.1 Å². The van der Waals surface area contributed by atoms with E-state index in [0.717, 1.165) is 16.1 Å². The zero-order chi connectivity index (χ0) is 27.5. The van der Waals surface area contributed by atoms with E-state index in [-0.39, 0.29) is 0 Å². The molecule has 10 heteroatoms. The zero-order valence-electron chi connectivity index (χ0n) is 22.0. The Hall–Kier alpha value is -4.05. The first-order valence-electron chi connectivity index (χ1n) is 12.2. The molecule has 0 radical (unpaired) electrons. The second-order valence-electron chi connectivity index (χ2n) is 8.31. The van der Waals surface area contributed by atoms with Crippen molar-refractivity contribution in [3.05, 3.63) is 83.9 Å². The second kappa shape index (κ2) is 13.5. The third-order valence-corrected chi connectivity index (χ3v) is 6.63. The van der Waals surface area contributed by atoms with Crippen molar-refractivity contribution in [2.24, 2.45) is 5.10 Å². The van der Waals surface area contributed by atoms with Gasteiger partial charge in [0.05, 0.1) is 31.4 Å². The Kier molecular flexibility index (Phi) is 10.1. The SMILES string of the molecule is CCOc1ccc(N(C(C)C(=O)N/N=C/c2ccc(OCc3ccccc3)c(OCC)c2)S(C)(=O)=O)cc1. The first-order valence-corrected chi connectivity index (χ1v) is 14.1. The molecule has 0 aliphatic heterocycles. The number of nitrogens with one attached hydrogen (secondary N) is 1. The van der Waals surface area contributed by atoms with Gasteiger partial charge in [-0.25, -0.2) is 13.8 Å². The molecular weight excluding hydrogens is 506 g/mol. The van der Waals surface area contributed by atoms with Gasteiger partial charge in [0.15, 0.2) is 11.5 Å². The highest BCUT2D eigenvalue weighted by Gasteiger charge is 2.29. The molecule has 0 fully saturated rings. The van der Waals surface area contributed by atoms with E-state index in [0.29, 0.717) is 48.3 Å². The molecule has 0 aromatic heterocycles. The average Bonchev–Trinajstić information content (AvgIpc) is 2.89. The molecule has 9 nitrogen and oxygen atoms in total. The van der Waals surface area contributed by atoms with Crippen molar-refractivity contribution in [3.8, 4) is 17.2 Å². The Morgan fingerprint density at radius 3 is 2.26 bits per heavy atom. The standard InChI is InChI=1S/C28H33N3O6S/c1-5-35-25-15-13-24(14-16-25)31(38(4,33)34)21(3)28(32)30-29-19-23-12-17-26(27(18-23)36-6-2)37-20-22-10-8-7-9-11-22/h7-19,21H,5-6,20H2,1-4H3,(H,30,32)/b29-19+. The van der Waals surface area contributed by atoms with Gasteiger partial charge in [0.25, 0.3) is 5.91 Å². The summed E-state index contributed by atoms with van der Waals surface area (Å²) in [5, 5.41) is 4.02. The van der Waals surface area contributed by atoms with Crippen LogP contribution in [0.25, 0.3) is 0 Å². The van der Waals surface area contributed by atoms with Crippen LogP contribution in [-0.2, 0) is 21.4 Å². The fourth-order valence-electron chi connectivity index (χ4n) is 3.66. The van der Waals surface area contributed by atoms with Gasteiger partial charge in [0, 0.05) is 0 Å². The zero-order valence-corrected chi connectivity index (χ0v) is 22.8. The molecule has 1 unspecified atom stereocenters. The maximum atomic E-state index is 12.8. The summed E-state index contributed by atoms with van der Waals surface area (Å²) in [6.07, 6.45) is 2.50. The van der Waals surface area contributed by atoms with Gasteiger partial charge in [0.2, 0.25) is 10.0 Å². The van der Waals surface area contributed by atoms with Crippen molar-refractivity contribution in [1.29, 1.82) is 0 Å². The van der Waals surface area contributed by atoms with Crippen LogP contribution in [0.5, 0.6) is 17.2 Å². The molecule has 38 heavy (non-hydrogen) atoms. The van der Waals surface area contributed by atoms with Crippen molar-refractivity contribution in [2.45, 2.75) is 33.4 Å². The molecule has 202 valence electrons. The van der Waals surface area contributed by atoms with Crippen LogP contribution in [0.3, 0.4) is 0 Å². The van der Waals surface area contributed by atoms with Gasteiger partial charge < -0.3 is 14.2 Å². The van der Waals surface area contributed by atoms with Gasteiger partial charge >= 0.3 is 0 Å². The minimum absolute atomic E-state index is 0.343. The monoisotopic (exact) mass is 539 g/mol. The number of nitrogens with zero attached hydrogens (tertiary/aromatic N) is 2. The Bertz CT molecular complexity index is 1330. The average molecular weight is 540 g/mol. The number of carbonyl (C=O) groups excluding carboxylic acids is 1. The third-order valence-electron chi connectivity index (χ3n) is 5.38. The van der Waals surface area contributed by atoms with E-state index >= 15 is 0 Å². The lowest BCUT2D eigenvalue weighted by molar-refractivity contribution is -0.121. The lowest BCUT2D eigenvalue weighted by Crippen LogP contribution is -2.46. The van der Waals surface area contributed by atoms with Crippen LogP contribution in [0.15, 0.2) is 77.9 Å². The van der Waals surface area contributed by atoms with Gasteiger partial charge in [-0.15, -0.1) is 0 Å². The Morgan fingerprint density at radius 2 is 1.63 bits per heavy atom. The molecule has 0 heterocycles. The molecule has 1 N–H and O–H groups in total. The minimum atomic E-state index is -3.76. The van der Waals surface area contributed by atoms with Gasteiger partial charge in [-0.1, -0.05) is 30.3 Å².